The van der Waals surface area contributed by atoms with Crippen LogP contribution in [0.3, 0.4) is 0 Å². The summed E-state index contributed by atoms with van der Waals surface area (Å²) in [5, 5.41) is 2.22. The second-order valence-electron chi connectivity index (χ2n) is 3.10. The second kappa shape index (κ2) is 4.66. The quantitative estimate of drug-likeness (QED) is 0.617. The fraction of sp³-hybridized carbons (Fsp3) is 0. The highest BCUT2D eigenvalue weighted by Gasteiger charge is 2.16. The van der Waals surface area contributed by atoms with Crippen LogP contribution in [0.4, 0.5) is 0 Å². The molecule has 0 fully saturated rings. The van der Waals surface area contributed by atoms with Crippen molar-refractivity contribution in [3.63, 3.8) is 0 Å². The van der Waals surface area contributed by atoms with Gasteiger partial charge in [-0.2, -0.15) is 0 Å². The molecule has 1 aliphatic heterocycles. The Balaban J connectivity index is 1.97. The summed E-state index contributed by atoms with van der Waals surface area (Å²) in [6.45, 7) is 0. The summed E-state index contributed by atoms with van der Waals surface area (Å²) in [6, 6.07) is 10.5. The standard InChI is InChI=1S/C11H6S5/c12-11-15-9-10(16-11)14-8(6-13-9)7-4-2-1-3-5-7/h1-6H. The van der Waals surface area contributed by atoms with Gasteiger partial charge in [0.25, 0.3) is 0 Å². The lowest BCUT2D eigenvalue weighted by atomic mass is 10.2. The highest BCUT2D eigenvalue weighted by molar-refractivity contribution is 8.15. The molecule has 0 N–H and O–H groups in total. The summed E-state index contributed by atoms with van der Waals surface area (Å²) in [4.78, 5) is 1.32. The van der Waals surface area contributed by atoms with Crippen LogP contribution in [0.1, 0.15) is 5.56 Å². The van der Waals surface area contributed by atoms with Crippen LogP contribution in [0, 0.1) is 3.14 Å². The topological polar surface area (TPSA) is 0 Å². The smallest absolute Gasteiger partial charge is 0.105 e. The van der Waals surface area contributed by atoms with Crippen LogP contribution >= 0.6 is 58.4 Å². The third-order valence-corrected chi connectivity index (χ3v) is 7.60. The summed E-state index contributed by atoms with van der Waals surface area (Å²) >= 11 is 12.3. The van der Waals surface area contributed by atoms with E-state index >= 15 is 0 Å². The van der Waals surface area contributed by atoms with Gasteiger partial charge in [-0.25, -0.2) is 0 Å². The third-order valence-electron chi connectivity index (χ3n) is 2.05. The monoisotopic (exact) mass is 298 g/mol. The van der Waals surface area contributed by atoms with Crippen molar-refractivity contribution in [2.75, 3.05) is 0 Å². The van der Waals surface area contributed by atoms with E-state index < -0.39 is 0 Å². The average Bonchev–Trinajstić information content (AvgIpc) is 2.69. The van der Waals surface area contributed by atoms with Crippen molar-refractivity contribution >= 4 is 63.3 Å². The minimum Gasteiger partial charge on any atom is -0.105 e. The van der Waals surface area contributed by atoms with E-state index in [0.717, 1.165) is 3.14 Å². The molecule has 0 saturated heterocycles. The predicted octanol–water partition coefficient (Wildman–Crippen LogP) is 5.74. The van der Waals surface area contributed by atoms with E-state index in [1.54, 1.807) is 34.4 Å². The molecule has 1 aliphatic rings. The lowest BCUT2D eigenvalue weighted by molar-refractivity contribution is 1.53. The largest absolute Gasteiger partial charge is 0.145 e. The van der Waals surface area contributed by atoms with Gasteiger partial charge in [-0.05, 0) is 11.0 Å². The maximum atomic E-state index is 5.22. The molecule has 0 bridgehead atoms. The molecule has 80 valence electrons. The third kappa shape index (κ3) is 2.15. The SMILES string of the molecule is S=c1sc2c(s1)SC(c1ccccc1)=CS2. The van der Waals surface area contributed by atoms with Crippen molar-refractivity contribution < 1.29 is 0 Å². The lowest BCUT2D eigenvalue weighted by Gasteiger charge is -2.11. The molecule has 0 saturated carbocycles. The summed E-state index contributed by atoms with van der Waals surface area (Å²) in [5.74, 6) is 0. The number of fused-ring (bicyclic) bond motifs is 1. The molecule has 0 unspecified atom stereocenters. The van der Waals surface area contributed by atoms with Crippen molar-refractivity contribution in [3.05, 3.63) is 44.4 Å². The van der Waals surface area contributed by atoms with Gasteiger partial charge in [0.15, 0.2) is 0 Å². The molecular formula is C11H6S5. The number of hydrogen-bond acceptors (Lipinski definition) is 5. The van der Waals surface area contributed by atoms with E-state index in [4.69, 9.17) is 12.2 Å². The first-order valence-corrected chi connectivity index (χ1v) is 8.31. The van der Waals surface area contributed by atoms with E-state index in [2.05, 4.69) is 29.7 Å². The normalized spacial score (nSPS) is 14.4. The van der Waals surface area contributed by atoms with Gasteiger partial charge in [-0.15, -0.1) is 22.7 Å². The highest BCUT2D eigenvalue weighted by Crippen LogP contribution is 2.51. The lowest BCUT2D eigenvalue weighted by Crippen LogP contribution is -1.81. The maximum Gasteiger partial charge on any atom is 0.145 e. The molecule has 16 heavy (non-hydrogen) atoms. The zero-order valence-electron chi connectivity index (χ0n) is 8.01. The van der Waals surface area contributed by atoms with E-state index in [-0.39, 0.29) is 0 Å². The van der Waals surface area contributed by atoms with Gasteiger partial charge in [-0.1, -0.05) is 66.1 Å². The highest BCUT2D eigenvalue weighted by atomic mass is 32.2. The van der Waals surface area contributed by atoms with Crippen molar-refractivity contribution in [1.29, 1.82) is 0 Å². The van der Waals surface area contributed by atoms with E-state index in [9.17, 15) is 0 Å². The Hall–Kier alpha value is -0.0700. The molecule has 2 aromatic rings. The van der Waals surface area contributed by atoms with E-state index in [1.807, 2.05) is 17.8 Å². The Morgan fingerprint density at radius 3 is 2.50 bits per heavy atom. The van der Waals surface area contributed by atoms with Crippen molar-refractivity contribution in [2.24, 2.45) is 0 Å². The van der Waals surface area contributed by atoms with Crippen LogP contribution in [0.2, 0.25) is 0 Å². The Kier molecular flexibility index (Phi) is 3.22. The Bertz CT molecular complexity index is 590. The van der Waals surface area contributed by atoms with Gasteiger partial charge < -0.3 is 0 Å². The average molecular weight is 299 g/mol. The molecule has 2 heterocycles. The number of hydrogen-bond donors (Lipinski definition) is 0. The summed E-state index contributed by atoms with van der Waals surface area (Å²) in [7, 11) is 0. The van der Waals surface area contributed by atoms with Gasteiger partial charge in [0, 0.05) is 4.91 Å². The van der Waals surface area contributed by atoms with Gasteiger partial charge >= 0.3 is 0 Å². The molecular weight excluding hydrogens is 292 g/mol. The first-order chi connectivity index (χ1) is 7.83. The molecule has 0 spiro atoms. The van der Waals surface area contributed by atoms with Crippen LogP contribution in [0.15, 0.2) is 44.2 Å². The van der Waals surface area contributed by atoms with Crippen molar-refractivity contribution in [1.82, 2.24) is 0 Å². The van der Waals surface area contributed by atoms with Crippen LogP contribution < -0.4 is 0 Å². The molecule has 1 aromatic carbocycles. The number of benzene rings is 1. The van der Waals surface area contributed by atoms with Crippen LogP contribution in [0.25, 0.3) is 4.91 Å². The summed E-state index contributed by atoms with van der Waals surface area (Å²) in [6.07, 6.45) is 0. The van der Waals surface area contributed by atoms with Gasteiger partial charge in [0.05, 0.1) is 8.42 Å². The van der Waals surface area contributed by atoms with Crippen LogP contribution in [-0.4, -0.2) is 0 Å². The Morgan fingerprint density at radius 1 is 0.938 bits per heavy atom. The minimum absolute atomic E-state index is 1.02. The molecule has 0 radical (unpaired) electrons. The first-order valence-electron chi connectivity index (χ1n) is 4.57. The fourth-order valence-electron chi connectivity index (χ4n) is 1.35. The predicted molar refractivity (Wildman–Crippen MR) is 79.2 cm³/mol. The Labute approximate surface area is 115 Å². The zero-order valence-corrected chi connectivity index (χ0v) is 12.1. The van der Waals surface area contributed by atoms with Crippen LogP contribution in [-0.2, 0) is 0 Å². The molecule has 3 rings (SSSR count). The molecule has 0 atom stereocenters. The maximum absolute atomic E-state index is 5.22. The van der Waals surface area contributed by atoms with Gasteiger partial charge in [0.2, 0.25) is 0 Å². The Morgan fingerprint density at radius 2 is 1.69 bits per heavy atom. The number of thioether (sulfide) groups is 2. The molecule has 5 heteroatoms. The van der Waals surface area contributed by atoms with Crippen LogP contribution in [0.5, 0.6) is 0 Å². The second-order valence-corrected chi connectivity index (χ2v) is 8.77. The summed E-state index contributed by atoms with van der Waals surface area (Å²) in [5.41, 5.74) is 1.29. The van der Waals surface area contributed by atoms with E-state index in [1.165, 1.54) is 18.9 Å². The fourth-order valence-corrected chi connectivity index (χ4v) is 7.25. The zero-order chi connectivity index (χ0) is 11.0. The number of rotatable bonds is 1. The summed E-state index contributed by atoms with van der Waals surface area (Å²) < 4.78 is 3.72. The van der Waals surface area contributed by atoms with E-state index in [0.29, 0.717) is 0 Å². The molecule has 0 nitrogen and oxygen atoms in total. The molecule has 0 aliphatic carbocycles. The minimum atomic E-state index is 1.02. The molecule has 0 amide bonds. The molecule has 1 aromatic heterocycles. The van der Waals surface area contributed by atoms with Gasteiger partial charge in [0.1, 0.15) is 3.14 Å². The first kappa shape index (κ1) is 11.0. The van der Waals surface area contributed by atoms with Crippen molar-refractivity contribution in [2.45, 2.75) is 8.42 Å². The van der Waals surface area contributed by atoms with Crippen molar-refractivity contribution in [3.8, 4) is 0 Å². The van der Waals surface area contributed by atoms with Gasteiger partial charge in [-0.3, -0.25) is 0 Å².